The van der Waals surface area contributed by atoms with Crippen molar-refractivity contribution in [2.45, 2.75) is 37.7 Å². The normalized spacial score (nSPS) is 29.7. The van der Waals surface area contributed by atoms with Crippen molar-refractivity contribution in [3.05, 3.63) is 35.1 Å². The summed E-state index contributed by atoms with van der Waals surface area (Å²) in [6.45, 7) is 4.50. The van der Waals surface area contributed by atoms with Crippen LogP contribution in [0.15, 0.2) is 24.7 Å². The maximum absolute atomic E-state index is 13.2. The monoisotopic (exact) mass is 424 g/mol. The van der Waals surface area contributed by atoms with Crippen LogP contribution in [0.25, 0.3) is 10.6 Å². The molecule has 6 rings (SSSR count). The second-order valence-corrected chi connectivity index (χ2v) is 10.4. The number of likely N-dealkylation sites (tertiary alicyclic amines) is 1. The Kier molecular flexibility index (Phi) is 4.66. The molecular weight excluding hydrogens is 396 g/mol. The molecule has 0 aromatic carbocycles. The second-order valence-electron chi connectivity index (χ2n) is 9.22. The van der Waals surface area contributed by atoms with Crippen LogP contribution < -0.4 is 5.32 Å². The number of amides is 1. The number of carbonyl (C=O) groups is 1. The number of fused-ring (bicyclic) bond motifs is 3. The first-order valence-corrected chi connectivity index (χ1v) is 12.1. The Morgan fingerprint density at radius 2 is 2.20 bits per heavy atom. The van der Waals surface area contributed by atoms with Gasteiger partial charge in [-0.05, 0) is 62.2 Å². The van der Waals surface area contributed by atoms with Crippen molar-refractivity contribution < 1.29 is 9.53 Å². The van der Waals surface area contributed by atoms with E-state index in [9.17, 15) is 4.79 Å². The van der Waals surface area contributed by atoms with E-state index in [1.54, 1.807) is 12.4 Å². The molecule has 1 spiro atoms. The first-order valence-electron chi connectivity index (χ1n) is 11.3. The third kappa shape index (κ3) is 3.01. The number of nitrogens with one attached hydrogen (secondary N) is 1. The van der Waals surface area contributed by atoms with Gasteiger partial charge in [-0.25, -0.2) is 0 Å². The molecule has 3 fully saturated rings. The summed E-state index contributed by atoms with van der Waals surface area (Å²) >= 11 is 1.82. The van der Waals surface area contributed by atoms with E-state index >= 15 is 0 Å². The highest BCUT2D eigenvalue weighted by atomic mass is 32.1. The molecule has 1 aliphatic carbocycles. The minimum atomic E-state index is -0.240. The maximum Gasteiger partial charge on any atom is 0.226 e. The smallest absolute Gasteiger partial charge is 0.226 e. The third-order valence-electron chi connectivity index (χ3n) is 7.77. The minimum absolute atomic E-state index is 0.240. The number of nitrogens with zero attached hydrogens (tertiary/aromatic N) is 3. The standard InChI is InChI=1S/C23H28N4O2S/c28-22(16-11-15-1-5-24-13-17(15)16)27-8-3-23(4-9-27)18-12-21(19-14-25-6-7-26-19)30-20(18)2-10-29-23/h6-7,12,14-17,24H,1-5,8-11,13H2/t15-,16-,17-/m1/s1. The zero-order valence-corrected chi connectivity index (χ0v) is 18.0. The van der Waals surface area contributed by atoms with Crippen molar-refractivity contribution in [2.24, 2.45) is 17.8 Å². The highest BCUT2D eigenvalue weighted by molar-refractivity contribution is 7.15. The minimum Gasteiger partial charge on any atom is -0.370 e. The molecule has 1 N–H and O–H groups in total. The van der Waals surface area contributed by atoms with Crippen LogP contribution in [0.1, 0.15) is 36.1 Å². The van der Waals surface area contributed by atoms with Crippen molar-refractivity contribution in [2.75, 3.05) is 32.8 Å². The number of thiophene rings is 1. The molecule has 7 heteroatoms. The lowest BCUT2D eigenvalue weighted by Gasteiger charge is -2.50. The largest absolute Gasteiger partial charge is 0.370 e. The molecule has 5 heterocycles. The van der Waals surface area contributed by atoms with Crippen LogP contribution in [-0.2, 0) is 21.6 Å². The Balaban J connectivity index is 1.18. The van der Waals surface area contributed by atoms with E-state index in [4.69, 9.17) is 4.74 Å². The molecule has 0 bridgehead atoms. The van der Waals surface area contributed by atoms with Crippen molar-refractivity contribution in [1.82, 2.24) is 20.2 Å². The van der Waals surface area contributed by atoms with Gasteiger partial charge < -0.3 is 15.0 Å². The first kappa shape index (κ1) is 18.9. The number of rotatable bonds is 2. The number of piperidine rings is 2. The van der Waals surface area contributed by atoms with E-state index in [-0.39, 0.29) is 11.5 Å². The van der Waals surface area contributed by atoms with Gasteiger partial charge in [0.25, 0.3) is 0 Å². The predicted molar refractivity (Wildman–Crippen MR) is 115 cm³/mol. The van der Waals surface area contributed by atoms with Crippen LogP contribution in [0.5, 0.6) is 0 Å². The van der Waals surface area contributed by atoms with Gasteiger partial charge in [0, 0.05) is 42.7 Å². The molecule has 1 amide bonds. The molecule has 0 unspecified atom stereocenters. The van der Waals surface area contributed by atoms with Gasteiger partial charge in [-0.3, -0.25) is 14.8 Å². The highest BCUT2D eigenvalue weighted by Gasteiger charge is 2.49. The summed E-state index contributed by atoms with van der Waals surface area (Å²) in [7, 11) is 0. The molecule has 2 saturated heterocycles. The van der Waals surface area contributed by atoms with Crippen LogP contribution in [0, 0.1) is 17.8 Å². The Morgan fingerprint density at radius 1 is 1.30 bits per heavy atom. The molecule has 1 saturated carbocycles. The number of ether oxygens (including phenoxy) is 1. The molecule has 2 aromatic rings. The topological polar surface area (TPSA) is 67.4 Å². The number of aromatic nitrogens is 2. The van der Waals surface area contributed by atoms with Crippen molar-refractivity contribution in [1.29, 1.82) is 0 Å². The Bertz CT molecular complexity index is 938. The Morgan fingerprint density at radius 3 is 3.00 bits per heavy atom. The van der Waals surface area contributed by atoms with Crippen LogP contribution in [0.4, 0.5) is 0 Å². The average molecular weight is 425 g/mol. The molecule has 30 heavy (non-hydrogen) atoms. The summed E-state index contributed by atoms with van der Waals surface area (Å²) in [4.78, 5) is 26.6. The first-order chi connectivity index (χ1) is 14.7. The Hall–Kier alpha value is -1.83. The van der Waals surface area contributed by atoms with E-state index in [2.05, 4.69) is 26.3 Å². The lowest BCUT2D eigenvalue weighted by molar-refractivity contribution is -0.153. The fourth-order valence-corrected chi connectivity index (χ4v) is 7.19. The van der Waals surface area contributed by atoms with Gasteiger partial charge in [0.1, 0.15) is 0 Å². The summed E-state index contributed by atoms with van der Waals surface area (Å²) < 4.78 is 6.42. The summed E-state index contributed by atoms with van der Waals surface area (Å²) in [6.07, 6.45) is 10.4. The highest BCUT2D eigenvalue weighted by Crippen LogP contribution is 2.48. The predicted octanol–water partition coefficient (Wildman–Crippen LogP) is 2.84. The average Bonchev–Trinajstić information content (AvgIpc) is 3.22. The zero-order valence-electron chi connectivity index (χ0n) is 17.2. The number of hydrogen-bond donors (Lipinski definition) is 1. The number of hydrogen-bond acceptors (Lipinski definition) is 6. The summed E-state index contributed by atoms with van der Waals surface area (Å²) in [6, 6.07) is 2.27. The molecule has 4 aliphatic rings. The van der Waals surface area contributed by atoms with E-state index in [0.29, 0.717) is 11.8 Å². The molecule has 6 nitrogen and oxygen atoms in total. The fourth-order valence-electron chi connectivity index (χ4n) is 6.00. The van der Waals surface area contributed by atoms with E-state index in [1.807, 2.05) is 17.5 Å². The van der Waals surface area contributed by atoms with Crippen molar-refractivity contribution >= 4 is 17.2 Å². The van der Waals surface area contributed by atoms with Gasteiger partial charge in [-0.2, -0.15) is 0 Å². The molecule has 0 radical (unpaired) electrons. The van der Waals surface area contributed by atoms with Crippen LogP contribution in [-0.4, -0.2) is 53.6 Å². The lowest BCUT2D eigenvalue weighted by atomic mass is 9.61. The maximum atomic E-state index is 13.2. The second kappa shape index (κ2) is 7.39. The lowest BCUT2D eigenvalue weighted by Crippen LogP contribution is -2.56. The van der Waals surface area contributed by atoms with Gasteiger partial charge in [0.15, 0.2) is 0 Å². The quantitative estimate of drug-likeness (QED) is 0.803. The number of carbonyl (C=O) groups excluding carboxylic acids is 1. The van der Waals surface area contributed by atoms with E-state index in [1.165, 1.54) is 21.7 Å². The van der Waals surface area contributed by atoms with Crippen LogP contribution in [0.3, 0.4) is 0 Å². The molecular formula is C23H28N4O2S. The molecule has 158 valence electrons. The van der Waals surface area contributed by atoms with Crippen LogP contribution >= 0.6 is 11.3 Å². The van der Waals surface area contributed by atoms with Gasteiger partial charge in [-0.15, -0.1) is 11.3 Å². The van der Waals surface area contributed by atoms with Crippen molar-refractivity contribution in [3.8, 4) is 10.6 Å². The molecule has 3 atom stereocenters. The zero-order chi connectivity index (χ0) is 20.1. The van der Waals surface area contributed by atoms with Gasteiger partial charge in [-0.1, -0.05) is 0 Å². The van der Waals surface area contributed by atoms with Gasteiger partial charge >= 0.3 is 0 Å². The summed E-state index contributed by atoms with van der Waals surface area (Å²) in [5, 5.41) is 3.48. The summed E-state index contributed by atoms with van der Waals surface area (Å²) in [5.41, 5.74) is 2.02. The van der Waals surface area contributed by atoms with Crippen molar-refractivity contribution in [3.63, 3.8) is 0 Å². The molecule has 3 aliphatic heterocycles. The van der Waals surface area contributed by atoms with Gasteiger partial charge in [0.05, 0.1) is 29.0 Å². The third-order valence-corrected chi connectivity index (χ3v) is 8.99. The summed E-state index contributed by atoms with van der Waals surface area (Å²) in [5.74, 6) is 1.96. The van der Waals surface area contributed by atoms with E-state index < -0.39 is 0 Å². The van der Waals surface area contributed by atoms with Crippen LogP contribution in [0.2, 0.25) is 0 Å². The molecule has 2 aromatic heterocycles. The fraction of sp³-hybridized carbons (Fsp3) is 0.609. The Labute approximate surface area is 181 Å². The SMILES string of the molecule is O=C([C@@H]1C[C@H]2CCNC[C@H]21)N1CCC2(CC1)OCCc1sc(-c3cnccn3)cc12. The van der Waals surface area contributed by atoms with E-state index in [0.717, 1.165) is 70.1 Å². The van der Waals surface area contributed by atoms with Gasteiger partial charge in [0.2, 0.25) is 5.91 Å².